The van der Waals surface area contributed by atoms with E-state index in [4.69, 9.17) is 10.00 Å². The number of hydrogen-bond donors (Lipinski definition) is 0. The van der Waals surface area contributed by atoms with E-state index >= 15 is 0 Å². The Labute approximate surface area is 144 Å². The average Bonchev–Trinajstić information content (AvgIpc) is 2.67. The molecule has 132 valence electrons. The van der Waals surface area contributed by atoms with Gasteiger partial charge in [-0.1, -0.05) is 6.58 Å². The van der Waals surface area contributed by atoms with Crippen molar-refractivity contribution in [2.24, 2.45) is 0 Å². The fourth-order valence-corrected chi connectivity index (χ4v) is 3.17. The Bertz CT molecular complexity index is 868. The van der Waals surface area contributed by atoms with Crippen LogP contribution in [0.1, 0.15) is 31.2 Å². The number of aromatic nitrogens is 1. The van der Waals surface area contributed by atoms with Crippen LogP contribution in [0.25, 0.3) is 0 Å². The SMILES string of the molecule is C=C1CCCC/C(S(=O)(=O)C(F)F)=C\C=C1Oc1cncc(C#N)c1. The van der Waals surface area contributed by atoms with Crippen LogP contribution in [0.5, 0.6) is 5.75 Å². The van der Waals surface area contributed by atoms with Crippen LogP contribution in [0.15, 0.2) is 53.4 Å². The maximum atomic E-state index is 12.8. The zero-order chi connectivity index (χ0) is 18.4. The van der Waals surface area contributed by atoms with Crippen LogP contribution in [0.4, 0.5) is 8.78 Å². The summed E-state index contributed by atoms with van der Waals surface area (Å²) < 4.78 is 54.7. The van der Waals surface area contributed by atoms with E-state index in [2.05, 4.69) is 11.6 Å². The number of nitrogens with zero attached hydrogens (tertiary/aromatic N) is 2. The smallest absolute Gasteiger partial charge is 0.340 e. The Hall–Kier alpha value is -2.53. The molecule has 1 aromatic rings. The van der Waals surface area contributed by atoms with Gasteiger partial charge in [0.15, 0.2) is 0 Å². The first-order chi connectivity index (χ1) is 11.8. The van der Waals surface area contributed by atoms with E-state index in [1.54, 1.807) is 0 Å². The van der Waals surface area contributed by atoms with E-state index in [0.717, 1.165) is 6.08 Å². The van der Waals surface area contributed by atoms with Gasteiger partial charge in [-0.05, 0) is 43.4 Å². The minimum atomic E-state index is -4.64. The Morgan fingerprint density at radius 1 is 1.24 bits per heavy atom. The van der Waals surface area contributed by atoms with Gasteiger partial charge in [-0.25, -0.2) is 8.42 Å². The molecular weight excluding hydrogens is 350 g/mol. The molecule has 0 aromatic carbocycles. The molecule has 1 aromatic heterocycles. The van der Waals surface area contributed by atoms with Crippen LogP contribution < -0.4 is 4.74 Å². The number of nitriles is 1. The number of halogens is 2. The molecule has 2 rings (SSSR count). The quantitative estimate of drug-likeness (QED) is 0.808. The third kappa shape index (κ3) is 4.73. The summed E-state index contributed by atoms with van der Waals surface area (Å²) in [5, 5.41) is 8.89. The highest BCUT2D eigenvalue weighted by Crippen LogP contribution is 2.27. The van der Waals surface area contributed by atoms with E-state index in [1.165, 1.54) is 24.5 Å². The van der Waals surface area contributed by atoms with E-state index in [-0.39, 0.29) is 22.8 Å². The normalized spacial score (nSPS) is 18.2. The molecule has 0 aliphatic heterocycles. The van der Waals surface area contributed by atoms with E-state index in [9.17, 15) is 17.2 Å². The summed E-state index contributed by atoms with van der Waals surface area (Å²) >= 11 is 0. The van der Waals surface area contributed by atoms with Gasteiger partial charge in [0, 0.05) is 12.3 Å². The molecule has 0 amide bonds. The van der Waals surface area contributed by atoms with Gasteiger partial charge in [0.25, 0.3) is 0 Å². The van der Waals surface area contributed by atoms with Crippen molar-refractivity contribution in [1.29, 1.82) is 5.26 Å². The summed E-state index contributed by atoms with van der Waals surface area (Å²) in [5.74, 6) is -2.94. The summed E-state index contributed by atoms with van der Waals surface area (Å²) in [5.41, 5.74) is 0.901. The van der Waals surface area contributed by atoms with Gasteiger partial charge in [-0.3, -0.25) is 4.98 Å². The fourth-order valence-electron chi connectivity index (χ4n) is 2.25. The zero-order valence-corrected chi connectivity index (χ0v) is 14.1. The second kappa shape index (κ2) is 8.03. The fraction of sp³-hybridized carbons (Fsp3) is 0.294. The van der Waals surface area contributed by atoms with Crippen molar-refractivity contribution in [3.05, 3.63) is 59.0 Å². The predicted octanol–water partition coefficient (Wildman–Crippen LogP) is 3.87. The lowest BCUT2D eigenvalue weighted by molar-refractivity contribution is 0.236. The standard InChI is InChI=1S/C17H16F2N2O3S/c1-12-4-2-3-5-15(25(22,23)17(18)19)6-7-16(12)24-14-8-13(9-20)10-21-11-14/h6-8,10-11,17H,1-5H2/b15-6+,16-7?. The van der Waals surface area contributed by atoms with Gasteiger partial charge in [0.05, 0.1) is 16.7 Å². The molecule has 0 saturated carbocycles. The summed E-state index contributed by atoms with van der Waals surface area (Å²) in [6, 6.07) is 3.40. The molecule has 0 unspecified atom stereocenters. The van der Waals surface area contributed by atoms with Crippen molar-refractivity contribution in [3.63, 3.8) is 0 Å². The number of hydrogen-bond acceptors (Lipinski definition) is 5. The molecular formula is C17H16F2N2O3S. The molecule has 0 saturated heterocycles. The van der Waals surface area contributed by atoms with Gasteiger partial charge in [-0.15, -0.1) is 0 Å². The lowest BCUT2D eigenvalue weighted by Crippen LogP contribution is -2.13. The highest BCUT2D eigenvalue weighted by molar-refractivity contribution is 7.95. The Morgan fingerprint density at radius 2 is 1.96 bits per heavy atom. The Morgan fingerprint density at radius 3 is 2.64 bits per heavy atom. The second-order valence-corrected chi connectivity index (χ2v) is 7.37. The predicted molar refractivity (Wildman–Crippen MR) is 88.3 cm³/mol. The zero-order valence-electron chi connectivity index (χ0n) is 13.3. The topological polar surface area (TPSA) is 80.1 Å². The Balaban J connectivity index is 2.38. The minimum Gasteiger partial charge on any atom is -0.455 e. The van der Waals surface area contributed by atoms with Crippen LogP contribution in [-0.4, -0.2) is 19.2 Å². The van der Waals surface area contributed by atoms with Crippen LogP contribution >= 0.6 is 0 Å². The maximum Gasteiger partial charge on any atom is 0.340 e. The molecule has 0 spiro atoms. The van der Waals surface area contributed by atoms with Crippen LogP contribution in [0, 0.1) is 11.3 Å². The number of ether oxygens (including phenoxy) is 1. The molecule has 0 fully saturated rings. The van der Waals surface area contributed by atoms with Gasteiger partial charge < -0.3 is 4.74 Å². The number of allylic oxidation sites excluding steroid dienone is 4. The number of pyridine rings is 1. The van der Waals surface area contributed by atoms with Crippen molar-refractivity contribution in [2.45, 2.75) is 31.4 Å². The molecule has 1 aliphatic carbocycles. The first kappa shape index (κ1) is 18.8. The lowest BCUT2D eigenvalue weighted by Gasteiger charge is -2.11. The summed E-state index contributed by atoms with van der Waals surface area (Å²) in [4.78, 5) is 3.54. The molecule has 25 heavy (non-hydrogen) atoms. The van der Waals surface area contributed by atoms with Crippen molar-refractivity contribution in [3.8, 4) is 11.8 Å². The first-order valence-corrected chi connectivity index (χ1v) is 9.03. The molecule has 1 aliphatic rings. The van der Waals surface area contributed by atoms with Gasteiger partial charge in [-0.2, -0.15) is 14.0 Å². The molecule has 0 atom stereocenters. The van der Waals surface area contributed by atoms with Crippen molar-refractivity contribution >= 4 is 9.84 Å². The van der Waals surface area contributed by atoms with Crippen LogP contribution in [0.3, 0.4) is 0 Å². The third-order valence-electron chi connectivity index (χ3n) is 3.59. The van der Waals surface area contributed by atoms with E-state index in [1.807, 2.05) is 6.07 Å². The van der Waals surface area contributed by atoms with Crippen LogP contribution in [-0.2, 0) is 9.84 Å². The molecule has 5 nitrogen and oxygen atoms in total. The minimum absolute atomic E-state index is 0.0369. The molecule has 0 bridgehead atoms. The van der Waals surface area contributed by atoms with Gasteiger partial charge in [0.2, 0.25) is 9.84 Å². The first-order valence-electron chi connectivity index (χ1n) is 7.48. The van der Waals surface area contributed by atoms with Crippen molar-refractivity contribution in [1.82, 2.24) is 4.98 Å². The van der Waals surface area contributed by atoms with E-state index in [0.29, 0.717) is 30.4 Å². The van der Waals surface area contributed by atoms with E-state index < -0.39 is 15.6 Å². The monoisotopic (exact) mass is 366 g/mol. The highest BCUT2D eigenvalue weighted by Gasteiger charge is 2.28. The van der Waals surface area contributed by atoms with Crippen LogP contribution in [0.2, 0.25) is 0 Å². The van der Waals surface area contributed by atoms with Crippen molar-refractivity contribution < 1.29 is 21.9 Å². The summed E-state index contributed by atoms with van der Waals surface area (Å²) in [7, 11) is -4.64. The number of rotatable bonds is 4. The third-order valence-corrected chi connectivity index (χ3v) is 5.13. The summed E-state index contributed by atoms with van der Waals surface area (Å²) in [6.07, 6.45) is 6.82. The second-order valence-electron chi connectivity index (χ2n) is 5.40. The van der Waals surface area contributed by atoms with Gasteiger partial charge >= 0.3 is 5.76 Å². The average molecular weight is 366 g/mol. The number of alkyl halides is 2. The Kier molecular flexibility index (Phi) is 6.04. The molecule has 0 N–H and O–H groups in total. The molecule has 8 heteroatoms. The van der Waals surface area contributed by atoms with Crippen molar-refractivity contribution in [2.75, 3.05) is 0 Å². The molecule has 0 radical (unpaired) electrons. The van der Waals surface area contributed by atoms with Gasteiger partial charge in [0.1, 0.15) is 17.6 Å². The number of sulfone groups is 1. The maximum absolute atomic E-state index is 12.8. The summed E-state index contributed by atoms with van der Waals surface area (Å²) in [6.45, 7) is 3.89. The molecule has 1 heterocycles. The highest BCUT2D eigenvalue weighted by atomic mass is 32.2. The lowest BCUT2D eigenvalue weighted by atomic mass is 10.1. The largest absolute Gasteiger partial charge is 0.455 e.